The first-order valence-electron chi connectivity index (χ1n) is 7.13. The largest absolute Gasteiger partial charge is 0.493 e. The van der Waals surface area contributed by atoms with Gasteiger partial charge in [-0.05, 0) is 25.0 Å². The summed E-state index contributed by atoms with van der Waals surface area (Å²) in [6, 6.07) is 2.81. The number of carbonyl (C=O) groups is 3. The van der Waals surface area contributed by atoms with E-state index in [9.17, 15) is 14.4 Å². The van der Waals surface area contributed by atoms with Gasteiger partial charge in [0, 0.05) is 18.5 Å². The molecule has 9 heteroatoms. The van der Waals surface area contributed by atoms with Gasteiger partial charge in [-0.2, -0.15) is 0 Å². The topological polar surface area (TPSA) is 128 Å². The van der Waals surface area contributed by atoms with Crippen molar-refractivity contribution in [3.05, 3.63) is 22.7 Å². The van der Waals surface area contributed by atoms with Crippen LogP contribution in [-0.2, 0) is 9.59 Å². The van der Waals surface area contributed by atoms with Crippen molar-refractivity contribution < 1.29 is 29.0 Å². The average Bonchev–Trinajstić information content (AvgIpc) is 2.51. The van der Waals surface area contributed by atoms with Gasteiger partial charge in [-0.1, -0.05) is 11.6 Å². The third kappa shape index (κ3) is 6.33. The van der Waals surface area contributed by atoms with Crippen LogP contribution in [-0.4, -0.2) is 43.2 Å². The summed E-state index contributed by atoms with van der Waals surface area (Å²) in [5, 5.41) is 11.3. The minimum Gasteiger partial charge on any atom is -0.493 e. The Morgan fingerprint density at radius 2 is 2.00 bits per heavy atom. The van der Waals surface area contributed by atoms with Crippen LogP contribution in [0, 0.1) is 0 Å². The monoisotopic (exact) mass is 358 g/mol. The molecule has 1 rings (SSSR count). The first kappa shape index (κ1) is 19.6. The minimum absolute atomic E-state index is 0.0570. The highest BCUT2D eigenvalue weighted by atomic mass is 35.5. The van der Waals surface area contributed by atoms with E-state index < -0.39 is 11.9 Å². The molecule has 0 heterocycles. The first-order valence-corrected chi connectivity index (χ1v) is 7.51. The number of halogens is 1. The van der Waals surface area contributed by atoms with Crippen LogP contribution in [0.2, 0.25) is 5.02 Å². The van der Waals surface area contributed by atoms with Crippen LogP contribution in [0.15, 0.2) is 12.1 Å². The van der Waals surface area contributed by atoms with Gasteiger partial charge in [0.2, 0.25) is 0 Å². The van der Waals surface area contributed by atoms with E-state index in [0.717, 1.165) is 0 Å². The van der Waals surface area contributed by atoms with Gasteiger partial charge in [0.25, 0.3) is 11.8 Å². The van der Waals surface area contributed by atoms with E-state index in [1.165, 1.54) is 19.2 Å². The molecule has 0 unspecified atom stereocenters. The zero-order valence-corrected chi connectivity index (χ0v) is 13.9. The van der Waals surface area contributed by atoms with Crippen LogP contribution >= 0.6 is 11.6 Å². The molecule has 4 N–H and O–H groups in total. The lowest BCUT2D eigenvalue weighted by Crippen LogP contribution is -2.25. The molecule has 0 aliphatic rings. The predicted molar refractivity (Wildman–Crippen MR) is 86.5 cm³/mol. The third-order valence-corrected chi connectivity index (χ3v) is 3.23. The molecule has 132 valence electrons. The van der Waals surface area contributed by atoms with Gasteiger partial charge in [0.1, 0.15) is 0 Å². The van der Waals surface area contributed by atoms with Crippen molar-refractivity contribution in [1.29, 1.82) is 0 Å². The van der Waals surface area contributed by atoms with Gasteiger partial charge in [-0.3, -0.25) is 14.4 Å². The standard InChI is InChI=1S/C15H19ClN2O6/c1-23-11-7-9(6-10(16)14(11)24-8-12(17)19)15(22)18-5-3-2-4-13(20)21/h6-7H,2-5,8H2,1H3,(H2,17,19)(H,18,22)(H,20,21). The van der Waals surface area contributed by atoms with E-state index in [1.807, 2.05) is 0 Å². The first-order chi connectivity index (χ1) is 11.3. The van der Waals surface area contributed by atoms with Crippen molar-refractivity contribution in [2.24, 2.45) is 5.73 Å². The Hall–Kier alpha value is -2.48. The molecule has 1 aromatic rings. The number of hydrogen-bond donors (Lipinski definition) is 3. The fourth-order valence-corrected chi connectivity index (χ4v) is 2.10. The molecule has 0 aliphatic heterocycles. The average molecular weight is 359 g/mol. The quantitative estimate of drug-likeness (QED) is 0.539. The Balaban J connectivity index is 2.71. The lowest BCUT2D eigenvalue weighted by molar-refractivity contribution is -0.137. The van der Waals surface area contributed by atoms with Gasteiger partial charge in [-0.25, -0.2) is 0 Å². The number of methoxy groups -OCH3 is 1. The predicted octanol–water partition coefficient (Wildman–Crippen LogP) is 1.20. The maximum Gasteiger partial charge on any atom is 0.303 e. The molecule has 0 saturated carbocycles. The van der Waals surface area contributed by atoms with Crippen molar-refractivity contribution in [2.45, 2.75) is 19.3 Å². The van der Waals surface area contributed by atoms with Crippen molar-refractivity contribution in [1.82, 2.24) is 5.32 Å². The molecule has 1 aromatic carbocycles. The molecule has 8 nitrogen and oxygen atoms in total. The number of rotatable bonds is 10. The lowest BCUT2D eigenvalue weighted by atomic mass is 10.1. The minimum atomic E-state index is -0.871. The van der Waals surface area contributed by atoms with Crippen LogP contribution < -0.4 is 20.5 Å². The number of hydrogen-bond acceptors (Lipinski definition) is 5. The molecule has 0 atom stereocenters. The Kier molecular flexibility index (Phi) is 7.84. The summed E-state index contributed by atoms with van der Waals surface area (Å²) in [5.74, 6) is -1.61. The molecule has 0 fully saturated rings. The number of nitrogens with one attached hydrogen (secondary N) is 1. The zero-order valence-electron chi connectivity index (χ0n) is 13.1. The Morgan fingerprint density at radius 3 is 2.58 bits per heavy atom. The normalized spacial score (nSPS) is 10.1. The summed E-state index contributed by atoms with van der Waals surface area (Å²) in [4.78, 5) is 33.3. The van der Waals surface area contributed by atoms with E-state index in [4.69, 9.17) is 31.9 Å². The number of aliphatic carboxylic acids is 1. The summed E-state index contributed by atoms with van der Waals surface area (Å²) in [6.07, 6.45) is 1.07. The Labute approximate surface area is 143 Å². The fourth-order valence-electron chi connectivity index (χ4n) is 1.84. The Morgan fingerprint density at radius 1 is 1.29 bits per heavy atom. The van der Waals surface area contributed by atoms with Gasteiger partial charge < -0.3 is 25.6 Å². The molecule has 0 aliphatic carbocycles. The second-order valence-electron chi connectivity index (χ2n) is 4.85. The van der Waals surface area contributed by atoms with Crippen LogP contribution in [0.1, 0.15) is 29.6 Å². The second kappa shape index (κ2) is 9.61. The molecular weight excluding hydrogens is 340 g/mol. The highest BCUT2D eigenvalue weighted by Crippen LogP contribution is 2.36. The number of ether oxygens (including phenoxy) is 2. The molecule has 0 saturated heterocycles. The summed E-state index contributed by atoms with van der Waals surface area (Å²) in [5.41, 5.74) is 5.26. The summed E-state index contributed by atoms with van der Waals surface area (Å²) >= 11 is 6.06. The van der Waals surface area contributed by atoms with E-state index >= 15 is 0 Å². The van der Waals surface area contributed by atoms with E-state index in [-0.39, 0.29) is 41.0 Å². The molecule has 2 amide bonds. The third-order valence-electron chi connectivity index (χ3n) is 2.95. The molecule has 0 bridgehead atoms. The van der Waals surface area contributed by atoms with Crippen LogP contribution in [0.25, 0.3) is 0 Å². The van der Waals surface area contributed by atoms with Gasteiger partial charge in [-0.15, -0.1) is 0 Å². The molecule has 0 aromatic heterocycles. The van der Waals surface area contributed by atoms with Crippen LogP contribution in [0.5, 0.6) is 11.5 Å². The summed E-state index contributed by atoms with van der Waals surface area (Å²) in [6.45, 7) is -0.0306. The summed E-state index contributed by atoms with van der Waals surface area (Å²) < 4.78 is 10.3. The molecular formula is C15H19ClN2O6. The summed E-state index contributed by atoms with van der Waals surface area (Å²) in [7, 11) is 1.37. The second-order valence-corrected chi connectivity index (χ2v) is 5.26. The van der Waals surface area contributed by atoms with Crippen LogP contribution in [0.4, 0.5) is 0 Å². The number of carboxylic acid groups (broad SMARTS) is 1. The van der Waals surface area contributed by atoms with E-state index in [2.05, 4.69) is 5.32 Å². The van der Waals surface area contributed by atoms with Crippen molar-refractivity contribution in [2.75, 3.05) is 20.3 Å². The number of carboxylic acids is 1. The zero-order chi connectivity index (χ0) is 18.1. The maximum atomic E-state index is 12.1. The fraction of sp³-hybridized carbons (Fsp3) is 0.400. The number of benzene rings is 1. The maximum absolute atomic E-state index is 12.1. The van der Waals surface area contributed by atoms with Gasteiger partial charge >= 0.3 is 5.97 Å². The van der Waals surface area contributed by atoms with E-state index in [1.54, 1.807) is 0 Å². The molecule has 24 heavy (non-hydrogen) atoms. The Bertz CT molecular complexity index is 620. The number of unbranched alkanes of at least 4 members (excludes halogenated alkanes) is 1. The van der Waals surface area contributed by atoms with Crippen molar-refractivity contribution in [3.63, 3.8) is 0 Å². The number of amides is 2. The number of nitrogens with two attached hydrogens (primary N) is 1. The number of carbonyl (C=O) groups excluding carboxylic acids is 2. The molecule has 0 spiro atoms. The van der Waals surface area contributed by atoms with Crippen molar-refractivity contribution >= 4 is 29.4 Å². The van der Waals surface area contributed by atoms with Crippen molar-refractivity contribution in [3.8, 4) is 11.5 Å². The highest BCUT2D eigenvalue weighted by molar-refractivity contribution is 6.32. The van der Waals surface area contributed by atoms with Crippen LogP contribution in [0.3, 0.4) is 0 Å². The van der Waals surface area contributed by atoms with Gasteiger partial charge in [0.15, 0.2) is 18.1 Å². The highest BCUT2D eigenvalue weighted by Gasteiger charge is 2.16. The SMILES string of the molecule is COc1cc(C(=O)NCCCCC(=O)O)cc(Cl)c1OCC(N)=O. The molecule has 0 radical (unpaired) electrons. The van der Waals surface area contributed by atoms with Gasteiger partial charge in [0.05, 0.1) is 12.1 Å². The smallest absolute Gasteiger partial charge is 0.303 e. The lowest BCUT2D eigenvalue weighted by Gasteiger charge is -2.13. The van der Waals surface area contributed by atoms with E-state index in [0.29, 0.717) is 19.4 Å². The number of primary amides is 1.